The van der Waals surface area contributed by atoms with Crippen molar-refractivity contribution in [2.24, 2.45) is 0 Å². The van der Waals surface area contributed by atoms with Crippen LogP contribution in [0.5, 0.6) is 0 Å². The van der Waals surface area contributed by atoms with Gasteiger partial charge in [-0.25, -0.2) is 4.79 Å². The Kier molecular flexibility index (Phi) is 3.85. The summed E-state index contributed by atoms with van der Waals surface area (Å²) in [5.74, 6) is -1.02. The van der Waals surface area contributed by atoms with Gasteiger partial charge in [-0.1, -0.05) is 24.3 Å². The van der Waals surface area contributed by atoms with Gasteiger partial charge in [-0.15, -0.1) is 0 Å². The van der Waals surface area contributed by atoms with Gasteiger partial charge in [0.1, 0.15) is 6.04 Å². The van der Waals surface area contributed by atoms with Gasteiger partial charge in [0, 0.05) is 6.42 Å². The van der Waals surface area contributed by atoms with Gasteiger partial charge in [-0.2, -0.15) is 0 Å². The maximum absolute atomic E-state index is 10.8. The maximum atomic E-state index is 10.8. The Morgan fingerprint density at radius 2 is 2.20 bits per heavy atom. The summed E-state index contributed by atoms with van der Waals surface area (Å²) >= 11 is 0. The molecule has 0 bridgehead atoms. The predicted octanol–water partition coefficient (Wildman–Crippen LogP) is 0.737. The predicted molar refractivity (Wildman–Crippen MR) is 55.5 cm³/mol. The van der Waals surface area contributed by atoms with E-state index >= 15 is 0 Å². The number of rotatable bonds is 5. The minimum atomic E-state index is -1.02. The van der Waals surface area contributed by atoms with Crippen LogP contribution in [0.15, 0.2) is 24.3 Å². The van der Waals surface area contributed by atoms with Crippen LogP contribution in [0, 0.1) is 6.92 Å². The number of carboxylic acids is 1. The van der Waals surface area contributed by atoms with Gasteiger partial charge in [0.25, 0.3) is 0 Å². The fourth-order valence-electron chi connectivity index (χ4n) is 1.36. The highest BCUT2D eigenvalue weighted by Gasteiger charge is 2.17. The second-order valence-corrected chi connectivity index (χ2v) is 3.31. The summed E-state index contributed by atoms with van der Waals surface area (Å²) in [5, 5.41) is 11.1. The molecule has 0 radical (unpaired) electrons. The molecule has 0 aliphatic heterocycles. The lowest BCUT2D eigenvalue weighted by Gasteiger charge is -2.12. The lowest BCUT2D eigenvalue weighted by Crippen LogP contribution is -2.37. The summed E-state index contributed by atoms with van der Waals surface area (Å²) in [6, 6.07) is 6.65. The molecule has 4 nitrogen and oxygen atoms in total. The molecule has 1 rings (SSSR count). The van der Waals surface area contributed by atoms with Crippen LogP contribution < -0.4 is 5.32 Å². The molecule has 0 aromatic heterocycles. The molecule has 1 unspecified atom stereocenters. The van der Waals surface area contributed by atoms with E-state index in [2.05, 4.69) is 5.32 Å². The zero-order valence-corrected chi connectivity index (χ0v) is 8.43. The van der Waals surface area contributed by atoms with Gasteiger partial charge < -0.3 is 10.4 Å². The molecule has 0 spiro atoms. The van der Waals surface area contributed by atoms with Gasteiger partial charge in [0.05, 0.1) is 0 Å². The van der Waals surface area contributed by atoms with Crippen LogP contribution in [-0.4, -0.2) is 23.5 Å². The van der Waals surface area contributed by atoms with Crippen molar-refractivity contribution in [2.45, 2.75) is 19.4 Å². The molecule has 1 amide bonds. The average Bonchev–Trinajstić information content (AvgIpc) is 2.20. The molecule has 1 aromatic rings. The van der Waals surface area contributed by atoms with Crippen molar-refractivity contribution in [3.63, 3.8) is 0 Å². The van der Waals surface area contributed by atoms with Gasteiger partial charge in [0.15, 0.2) is 0 Å². The van der Waals surface area contributed by atoms with Crippen molar-refractivity contribution in [3.05, 3.63) is 35.4 Å². The fraction of sp³-hybridized carbons (Fsp3) is 0.273. The van der Waals surface area contributed by atoms with Crippen LogP contribution in [0.1, 0.15) is 11.1 Å². The maximum Gasteiger partial charge on any atom is 0.326 e. The van der Waals surface area contributed by atoms with Crippen LogP contribution >= 0.6 is 0 Å². The molecule has 1 atom stereocenters. The van der Waals surface area contributed by atoms with E-state index in [1.54, 1.807) is 0 Å². The Morgan fingerprint density at radius 3 is 2.73 bits per heavy atom. The lowest BCUT2D eigenvalue weighted by atomic mass is 10.0. The number of carbonyl (C=O) groups is 2. The molecule has 1 aromatic carbocycles. The number of aliphatic carboxylic acids is 1. The fourth-order valence-corrected chi connectivity index (χ4v) is 1.36. The molecule has 0 heterocycles. The highest BCUT2D eigenvalue weighted by Crippen LogP contribution is 2.09. The summed E-state index contributed by atoms with van der Waals surface area (Å²) in [5.41, 5.74) is 1.95. The normalized spacial score (nSPS) is 11.8. The van der Waals surface area contributed by atoms with Crippen LogP contribution in [0.2, 0.25) is 0 Å². The van der Waals surface area contributed by atoms with Gasteiger partial charge in [0.2, 0.25) is 6.41 Å². The van der Waals surface area contributed by atoms with Crippen molar-refractivity contribution in [1.82, 2.24) is 5.32 Å². The Bertz CT molecular complexity index is 363. The molecule has 15 heavy (non-hydrogen) atoms. The van der Waals surface area contributed by atoms with Crippen molar-refractivity contribution in [1.29, 1.82) is 0 Å². The Morgan fingerprint density at radius 1 is 1.53 bits per heavy atom. The Balaban J connectivity index is 2.78. The number of carboxylic acid groups (broad SMARTS) is 1. The lowest BCUT2D eigenvalue weighted by molar-refractivity contribution is -0.140. The third-order valence-electron chi connectivity index (χ3n) is 2.25. The van der Waals surface area contributed by atoms with E-state index < -0.39 is 12.0 Å². The summed E-state index contributed by atoms with van der Waals surface area (Å²) in [6.45, 7) is 1.91. The quantitative estimate of drug-likeness (QED) is 0.700. The first-order valence-corrected chi connectivity index (χ1v) is 4.62. The van der Waals surface area contributed by atoms with E-state index in [9.17, 15) is 9.59 Å². The number of nitrogens with one attached hydrogen (secondary N) is 1. The number of aryl methyl sites for hydroxylation is 1. The third kappa shape index (κ3) is 3.09. The number of amides is 1. The first-order chi connectivity index (χ1) is 7.15. The van der Waals surface area contributed by atoms with Gasteiger partial charge in [-0.05, 0) is 18.1 Å². The van der Waals surface area contributed by atoms with Crippen molar-refractivity contribution in [2.75, 3.05) is 0 Å². The second-order valence-electron chi connectivity index (χ2n) is 3.31. The van der Waals surface area contributed by atoms with Crippen molar-refractivity contribution >= 4 is 12.4 Å². The van der Waals surface area contributed by atoms with E-state index in [0.717, 1.165) is 11.1 Å². The SMILES string of the molecule is Cc1ccccc1CC(NC=O)C(=O)O. The minimum Gasteiger partial charge on any atom is -0.480 e. The van der Waals surface area contributed by atoms with Crippen molar-refractivity contribution in [3.8, 4) is 0 Å². The molecule has 0 aliphatic carbocycles. The smallest absolute Gasteiger partial charge is 0.326 e. The second kappa shape index (κ2) is 5.14. The van der Waals surface area contributed by atoms with E-state index in [4.69, 9.17) is 5.11 Å². The number of hydrogen-bond acceptors (Lipinski definition) is 2. The first-order valence-electron chi connectivity index (χ1n) is 4.62. The number of hydrogen-bond donors (Lipinski definition) is 2. The monoisotopic (exact) mass is 207 g/mol. The molecule has 0 saturated carbocycles. The number of benzene rings is 1. The minimum absolute atomic E-state index is 0.306. The summed E-state index contributed by atoms with van der Waals surface area (Å²) in [6.07, 6.45) is 0.720. The van der Waals surface area contributed by atoms with Gasteiger partial charge >= 0.3 is 5.97 Å². The molecular weight excluding hydrogens is 194 g/mol. The molecule has 0 fully saturated rings. The molecule has 4 heteroatoms. The van der Waals surface area contributed by atoms with Crippen LogP contribution in [0.4, 0.5) is 0 Å². The van der Waals surface area contributed by atoms with Crippen LogP contribution in [0.25, 0.3) is 0 Å². The Hall–Kier alpha value is -1.84. The van der Waals surface area contributed by atoms with E-state index in [1.165, 1.54) is 0 Å². The van der Waals surface area contributed by atoms with Gasteiger partial charge in [-0.3, -0.25) is 4.79 Å². The molecular formula is C11H13NO3. The summed E-state index contributed by atoms with van der Waals surface area (Å²) < 4.78 is 0. The molecule has 80 valence electrons. The Labute approximate surface area is 87.9 Å². The third-order valence-corrected chi connectivity index (χ3v) is 2.25. The molecule has 0 aliphatic rings. The van der Waals surface area contributed by atoms with Crippen LogP contribution in [0.3, 0.4) is 0 Å². The zero-order chi connectivity index (χ0) is 11.3. The van der Waals surface area contributed by atoms with E-state index in [-0.39, 0.29) is 0 Å². The largest absolute Gasteiger partial charge is 0.480 e. The summed E-state index contributed by atoms with van der Waals surface area (Å²) in [4.78, 5) is 21.0. The first kappa shape index (κ1) is 11.2. The van der Waals surface area contributed by atoms with E-state index in [0.29, 0.717) is 12.8 Å². The summed E-state index contributed by atoms with van der Waals surface area (Å²) in [7, 11) is 0. The highest BCUT2D eigenvalue weighted by molar-refractivity contribution is 5.76. The van der Waals surface area contributed by atoms with E-state index in [1.807, 2.05) is 31.2 Å². The standard InChI is InChI=1S/C11H13NO3/c1-8-4-2-3-5-9(8)6-10(11(14)15)12-7-13/h2-5,7,10H,6H2,1H3,(H,12,13)(H,14,15). The van der Waals surface area contributed by atoms with Crippen LogP contribution in [-0.2, 0) is 16.0 Å². The highest BCUT2D eigenvalue weighted by atomic mass is 16.4. The number of carbonyl (C=O) groups excluding carboxylic acids is 1. The van der Waals surface area contributed by atoms with Crippen molar-refractivity contribution < 1.29 is 14.7 Å². The topological polar surface area (TPSA) is 66.4 Å². The molecule has 0 saturated heterocycles. The zero-order valence-electron chi connectivity index (χ0n) is 8.43. The average molecular weight is 207 g/mol. The molecule has 2 N–H and O–H groups in total.